The van der Waals surface area contributed by atoms with Crippen molar-refractivity contribution in [2.45, 2.75) is 13.3 Å². The van der Waals surface area contributed by atoms with Gasteiger partial charge >= 0.3 is 0 Å². The minimum Gasteiger partial charge on any atom is -0.493 e. The zero-order valence-electron chi connectivity index (χ0n) is 8.74. The van der Waals surface area contributed by atoms with Gasteiger partial charge < -0.3 is 10.1 Å². The number of hydrogen-bond acceptors (Lipinski definition) is 3. The molecule has 0 aliphatic heterocycles. The molecule has 4 nitrogen and oxygen atoms in total. The first-order chi connectivity index (χ1) is 7.17. The van der Waals surface area contributed by atoms with E-state index in [1.54, 1.807) is 19.1 Å². The van der Waals surface area contributed by atoms with Gasteiger partial charge in [-0.1, -0.05) is 6.92 Å². The lowest BCUT2D eigenvalue weighted by Gasteiger charge is -1.99. The third-order valence-electron chi connectivity index (χ3n) is 1.90. The summed E-state index contributed by atoms with van der Waals surface area (Å²) in [4.78, 5) is 22.4. The van der Waals surface area contributed by atoms with E-state index in [2.05, 4.69) is 5.32 Å². The van der Waals surface area contributed by atoms with Crippen LogP contribution in [0.5, 0.6) is 5.75 Å². The van der Waals surface area contributed by atoms with Crippen LogP contribution in [-0.2, 0) is 4.79 Å². The van der Waals surface area contributed by atoms with Crippen molar-refractivity contribution in [3.63, 3.8) is 0 Å². The average Bonchev–Trinajstić information content (AvgIpc) is 2.41. The van der Waals surface area contributed by atoms with E-state index in [4.69, 9.17) is 4.74 Å². The van der Waals surface area contributed by atoms with E-state index >= 15 is 0 Å². The molecule has 1 rings (SSSR count). The average molecular weight is 207 g/mol. The molecule has 0 aromatic heterocycles. The molecular weight excluding hydrogens is 194 g/mol. The molecule has 1 aromatic carbocycles. The minimum atomic E-state index is -0.213. The maximum atomic E-state index is 11.3. The lowest BCUT2D eigenvalue weighted by Crippen LogP contribution is -2.08. The molecule has 0 radical (unpaired) electrons. The lowest BCUT2D eigenvalue weighted by atomic mass is 10.4. The lowest BCUT2D eigenvalue weighted by molar-refractivity contribution is -0.115. The summed E-state index contributed by atoms with van der Waals surface area (Å²) in [6, 6.07) is 6.09. The second kappa shape index (κ2) is 5.14. The zero-order chi connectivity index (χ0) is 11.3. The van der Waals surface area contributed by atoms with Gasteiger partial charge in [0.1, 0.15) is 0 Å². The van der Waals surface area contributed by atoms with Crippen LogP contribution in [0.15, 0.2) is 29.1 Å². The number of rotatable bonds is 3. The molecule has 0 heterocycles. The van der Waals surface area contributed by atoms with Gasteiger partial charge in [-0.3, -0.25) is 9.59 Å². The fourth-order valence-corrected chi connectivity index (χ4v) is 1.05. The van der Waals surface area contributed by atoms with Crippen molar-refractivity contribution in [3.05, 3.63) is 34.5 Å². The van der Waals surface area contributed by atoms with Crippen molar-refractivity contribution < 1.29 is 9.53 Å². The van der Waals surface area contributed by atoms with Crippen LogP contribution in [0, 0.1) is 0 Å². The Morgan fingerprint density at radius 3 is 2.60 bits per heavy atom. The summed E-state index contributed by atoms with van der Waals surface area (Å²) < 4.78 is 4.87. The number of amides is 1. The van der Waals surface area contributed by atoms with Gasteiger partial charge in [-0.15, -0.1) is 0 Å². The number of anilines is 1. The highest BCUT2D eigenvalue weighted by molar-refractivity contribution is 5.90. The van der Waals surface area contributed by atoms with Crippen LogP contribution in [0.2, 0.25) is 0 Å². The van der Waals surface area contributed by atoms with Crippen LogP contribution < -0.4 is 15.5 Å². The number of carbonyl (C=O) groups excluding carboxylic acids is 1. The summed E-state index contributed by atoms with van der Waals surface area (Å²) in [5.74, 6) is 0.166. The molecule has 0 spiro atoms. The minimum absolute atomic E-state index is 0.0902. The first kappa shape index (κ1) is 11.2. The Balaban J connectivity index is 3.00. The molecule has 0 bridgehead atoms. The van der Waals surface area contributed by atoms with Crippen LogP contribution >= 0.6 is 0 Å². The maximum absolute atomic E-state index is 11.3. The molecule has 0 aliphatic rings. The second-order valence-corrected chi connectivity index (χ2v) is 2.96. The van der Waals surface area contributed by atoms with E-state index < -0.39 is 0 Å². The molecule has 0 atom stereocenters. The van der Waals surface area contributed by atoms with Crippen LogP contribution in [0.25, 0.3) is 0 Å². The second-order valence-electron chi connectivity index (χ2n) is 2.96. The summed E-state index contributed by atoms with van der Waals surface area (Å²) in [6.07, 6.45) is 0.403. The van der Waals surface area contributed by atoms with E-state index in [-0.39, 0.29) is 17.1 Å². The highest BCUT2D eigenvalue weighted by Gasteiger charge is 1.99. The van der Waals surface area contributed by atoms with E-state index in [0.717, 1.165) is 0 Å². The van der Waals surface area contributed by atoms with Crippen LogP contribution in [-0.4, -0.2) is 13.0 Å². The summed E-state index contributed by atoms with van der Waals surface area (Å²) >= 11 is 0. The molecule has 1 amide bonds. The maximum Gasteiger partial charge on any atom is 0.224 e. The Hall–Kier alpha value is -1.84. The van der Waals surface area contributed by atoms with Gasteiger partial charge in [0, 0.05) is 12.1 Å². The van der Waals surface area contributed by atoms with Gasteiger partial charge in [0.05, 0.1) is 7.11 Å². The first-order valence-electron chi connectivity index (χ1n) is 4.65. The Kier molecular flexibility index (Phi) is 3.85. The standard InChI is InChI=1S/C11H13NO3/c1-3-11(14)12-8-4-6-9(13)10(15-2)7-5-8/h4-7H,3H2,1-2H3,(H,12,14). The van der Waals surface area contributed by atoms with Crippen LogP contribution in [0.4, 0.5) is 5.69 Å². The number of methoxy groups -OCH3 is 1. The molecule has 1 N–H and O–H groups in total. The quantitative estimate of drug-likeness (QED) is 0.815. The molecule has 0 saturated heterocycles. The third-order valence-corrected chi connectivity index (χ3v) is 1.90. The molecule has 0 saturated carbocycles. The Labute approximate surface area is 87.9 Å². The monoisotopic (exact) mass is 207 g/mol. The zero-order valence-corrected chi connectivity index (χ0v) is 8.74. The Morgan fingerprint density at radius 2 is 2.00 bits per heavy atom. The molecule has 0 fully saturated rings. The van der Waals surface area contributed by atoms with Gasteiger partial charge in [0.15, 0.2) is 5.75 Å². The fraction of sp³-hybridized carbons (Fsp3) is 0.273. The normalized spacial score (nSPS) is 9.47. The highest BCUT2D eigenvalue weighted by atomic mass is 16.5. The van der Waals surface area contributed by atoms with Crippen molar-refractivity contribution in [2.24, 2.45) is 0 Å². The molecule has 4 heteroatoms. The predicted molar refractivity (Wildman–Crippen MR) is 58.2 cm³/mol. The van der Waals surface area contributed by atoms with Gasteiger partial charge in [-0.05, 0) is 24.3 Å². The van der Waals surface area contributed by atoms with Gasteiger partial charge in [0.2, 0.25) is 11.3 Å². The summed E-state index contributed by atoms with van der Waals surface area (Å²) in [7, 11) is 1.43. The van der Waals surface area contributed by atoms with Gasteiger partial charge in [-0.25, -0.2) is 0 Å². The molecule has 80 valence electrons. The number of carbonyl (C=O) groups is 1. The van der Waals surface area contributed by atoms with Crippen LogP contribution in [0.3, 0.4) is 0 Å². The summed E-state index contributed by atoms with van der Waals surface area (Å²) in [5, 5.41) is 2.66. The SMILES string of the molecule is CCC(=O)Nc1ccc(OC)c(=O)cc1. The van der Waals surface area contributed by atoms with Gasteiger partial charge in [-0.2, -0.15) is 0 Å². The van der Waals surface area contributed by atoms with Gasteiger partial charge in [0.25, 0.3) is 0 Å². The van der Waals surface area contributed by atoms with Crippen molar-refractivity contribution in [1.29, 1.82) is 0 Å². The summed E-state index contributed by atoms with van der Waals surface area (Å²) in [5.41, 5.74) is 0.372. The molecule has 0 aliphatic carbocycles. The number of hydrogen-bond donors (Lipinski definition) is 1. The largest absolute Gasteiger partial charge is 0.493 e. The Bertz CT molecular complexity index is 415. The van der Waals surface area contributed by atoms with E-state index in [0.29, 0.717) is 12.1 Å². The molecule has 1 aromatic rings. The first-order valence-corrected chi connectivity index (χ1v) is 4.65. The smallest absolute Gasteiger partial charge is 0.224 e. The molecule has 15 heavy (non-hydrogen) atoms. The number of ether oxygens (including phenoxy) is 1. The van der Waals surface area contributed by atoms with Crippen molar-refractivity contribution in [3.8, 4) is 5.75 Å². The molecular formula is C11H13NO3. The highest BCUT2D eigenvalue weighted by Crippen LogP contribution is 2.08. The van der Waals surface area contributed by atoms with Crippen molar-refractivity contribution >= 4 is 11.6 Å². The van der Waals surface area contributed by atoms with Crippen LogP contribution in [0.1, 0.15) is 13.3 Å². The fourth-order valence-electron chi connectivity index (χ4n) is 1.05. The summed E-state index contributed by atoms with van der Waals surface area (Å²) in [6.45, 7) is 1.76. The third kappa shape index (κ3) is 3.09. The Morgan fingerprint density at radius 1 is 1.33 bits per heavy atom. The molecule has 0 unspecified atom stereocenters. The van der Waals surface area contributed by atoms with E-state index in [1.165, 1.54) is 19.2 Å². The van der Waals surface area contributed by atoms with Crippen molar-refractivity contribution in [1.82, 2.24) is 0 Å². The predicted octanol–water partition coefficient (Wildman–Crippen LogP) is 1.40. The van der Waals surface area contributed by atoms with Crippen molar-refractivity contribution in [2.75, 3.05) is 12.4 Å². The topological polar surface area (TPSA) is 55.4 Å². The van der Waals surface area contributed by atoms with E-state index in [1.807, 2.05) is 0 Å². The van der Waals surface area contributed by atoms with E-state index in [9.17, 15) is 9.59 Å². The number of nitrogens with one attached hydrogen (secondary N) is 1.